The Morgan fingerprint density at radius 3 is 1.34 bits per heavy atom. The van der Waals surface area contributed by atoms with Gasteiger partial charge in [-0.25, -0.2) is 19.7 Å². The predicted molar refractivity (Wildman–Crippen MR) is 219 cm³/mol. The minimum Gasteiger partial charge on any atom is -0.474 e. The average molecular weight is 739 g/mol. The van der Waals surface area contributed by atoms with Crippen LogP contribution in [-0.2, 0) is 19.1 Å². The number of fused-ring (bicyclic) bond motifs is 3. The summed E-state index contributed by atoms with van der Waals surface area (Å²) in [7, 11) is 2.42. The van der Waals surface area contributed by atoms with Crippen molar-refractivity contribution in [2.24, 2.45) is 0 Å². The Bertz CT molecular complexity index is 2530. The molecule has 0 spiro atoms. The molecule has 10 heteroatoms. The monoisotopic (exact) mass is 738 g/mol. The highest BCUT2D eigenvalue weighted by Crippen LogP contribution is 2.53. The molecule has 276 valence electrons. The Labute approximate surface area is 326 Å². The molecule has 4 aromatic carbocycles. The van der Waals surface area contributed by atoms with Crippen molar-refractivity contribution >= 4 is 57.1 Å². The summed E-state index contributed by atoms with van der Waals surface area (Å²) in [5, 5.41) is 0. The maximum absolute atomic E-state index is 13.3. The number of rotatable bonds is 5. The lowest BCUT2D eigenvalue weighted by atomic mass is 9.99. The van der Waals surface area contributed by atoms with Crippen LogP contribution < -0.4 is 9.80 Å². The van der Waals surface area contributed by atoms with E-state index < -0.39 is 11.9 Å². The first-order chi connectivity index (χ1) is 26.9. The lowest BCUT2D eigenvalue weighted by molar-refractivity contribution is -0.136. The average Bonchev–Trinajstić information content (AvgIpc) is 3.64. The number of carbonyl (C=O) groups is 2. The number of anilines is 4. The van der Waals surface area contributed by atoms with Gasteiger partial charge in [-0.1, -0.05) is 77.9 Å². The van der Waals surface area contributed by atoms with Crippen LogP contribution in [0.15, 0.2) is 108 Å². The van der Waals surface area contributed by atoms with E-state index in [1.165, 1.54) is 14.2 Å². The molecule has 0 radical (unpaired) electrons. The van der Waals surface area contributed by atoms with Crippen molar-refractivity contribution in [2.75, 3.05) is 24.0 Å². The first-order valence-corrected chi connectivity index (χ1v) is 17.9. The number of benzene rings is 4. The van der Waals surface area contributed by atoms with E-state index in [1.807, 2.05) is 30.3 Å². The minimum absolute atomic E-state index is 0.236. The van der Waals surface area contributed by atoms with Crippen molar-refractivity contribution in [1.82, 2.24) is 9.97 Å². The molecule has 1 aromatic heterocycles. The van der Waals surface area contributed by atoms with Gasteiger partial charge < -0.3 is 9.47 Å². The molecular weight excluding hydrogens is 701 g/mol. The van der Waals surface area contributed by atoms with Crippen molar-refractivity contribution in [3.05, 3.63) is 175 Å². The molecule has 2 aliphatic rings. The summed E-state index contributed by atoms with van der Waals surface area (Å²) in [5.41, 5.74) is 10.7. The van der Waals surface area contributed by atoms with Crippen molar-refractivity contribution in [3.63, 3.8) is 0 Å². The number of methoxy groups -OCH3 is 2. The smallest absolute Gasteiger partial charge is 0.336 e. The summed E-state index contributed by atoms with van der Waals surface area (Å²) < 4.78 is 10.2. The largest absolute Gasteiger partial charge is 0.474 e. The summed E-state index contributed by atoms with van der Waals surface area (Å²) in [5.74, 6) is 0.169. The number of ether oxygens (including phenoxy) is 2. The van der Waals surface area contributed by atoms with Crippen LogP contribution in [0.5, 0.6) is 0 Å². The van der Waals surface area contributed by atoms with E-state index in [2.05, 4.69) is 85.3 Å². The van der Waals surface area contributed by atoms with Gasteiger partial charge in [-0.15, -0.1) is 0 Å². The lowest BCUT2D eigenvalue weighted by Crippen LogP contribution is -2.24. The molecule has 0 atom stereocenters. The van der Waals surface area contributed by atoms with Crippen molar-refractivity contribution in [3.8, 4) is 0 Å². The second-order valence-electron chi connectivity index (χ2n) is 13.8. The molecule has 0 amide bonds. The normalized spacial score (nSPS) is 14.8. The Hall–Kier alpha value is -7.30. The maximum Gasteiger partial charge on any atom is 0.336 e. The molecule has 1 aliphatic heterocycles. The highest BCUT2D eigenvalue weighted by Gasteiger charge is 2.40. The van der Waals surface area contributed by atoms with E-state index in [0.717, 1.165) is 55.8 Å². The quantitative estimate of drug-likeness (QED) is 0.100. The third-order valence-corrected chi connectivity index (χ3v) is 9.99. The molecule has 0 saturated carbocycles. The molecule has 0 saturated heterocycles. The fourth-order valence-electron chi connectivity index (χ4n) is 8.01. The van der Waals surface area contributed by atoms with Gasteiger partial charge in [0.15, 0.2) is 11.6 Å². The van der Waals surface area contributed by atoms with Crippen molar-refractivity contribution in [1.29, 1.82) is 0 Å². The van der Waals surface area contributed by atoms with E-state index in [0.29, 0.717) is 34.2 Å². The van der Waals surface area contributed by atoms with Crippen LogP contribution in [0.2, 0.25) is 0 Å². The first kappa shape index (κ1) is 37.0. The molecule has 7 rings (SSSR count). The molecule has 10 nitrogen and oxygen atoms in total. The second kappa shape index (κ2) is 14.5. The number of aromatic nitrogens is 2. The fraction of sp³-hybridized carbons (Fsp3) is 0.174. The predicted octanol–water partition coefficient (Wildman–Crippen LogP) is 9.86. The highest BCUT2D eigenvalue weighted by molar-refractivity contribution is 6.19. The standard InChI is InChI=1S/C46H38N6O4/c1-25-21-27(3)41(28(4)22-25)51-36(52(42-29(5)23-26(2)24-30(42)6)44-43(51)49-34-17-13-14-18-35(34)50-44)20-19-33-37(39(47-7)45(53)55-9)31-15-11-12-16-32(31)38(33)40(48-8)46(54)56-10/h11-24H,1-6,9-10H3/b39-37-,40-38-. The molecule has 56 heavy (non-hydrogen) atoms. The Morgan fingerprint density at radius 1 is 0.607 bits per heavy atom. The number of aryl methyl sites for hydroxylation is 6. The van der Waals surface area contributed by atoms with Gasteiger partial charge >= 0.3 is 11.9 Å². The molecular formula is C46H38N6O4. The number of hydrogen-bond donors (Lipinski definition) is 0. The van der Waals surface area contributed by atoms with Crippen LogP contribution in [0.25, 0.3) is 31.9 Å². The van der Waals surface area contributed by atoms with Gasteiger partial charge in [0.2, 0.25) is 0 Å². The Balaban J connectivity index is 1.66. The number of para-hydroxylation sites is 2. The third kappa shape index (κ3) is 5.98. The maximum atomic E-state index is 13.3. The first-order valence-electron chi connectivity index (χ1n) is 17.9. The zero-order valence-electron chi connectivity index (χ0n) is 32.4. The van der Waals surface area contributed by atoms with Crippen LogP contribution in [0.3, 0.4) is 0 Å². The van der Waals surface area contributed by atoms with Crippen molar-refractivity contribution in [2.45, 2.75) is 41.5 Å². The highest BCUT2D eigenvalue weighted by atomic mass is 16.5. The summed E-state index contributed by atoms with van der Waals surface area (Å²) >= 11 is 0. The van der Waals surface area contributed by atoms with Crippen LogP contribution in [0.1, 0.15) is 44.5 Å². The molecule has 0 fully saturated rings. The number of esters is 2. The van der Waals surface area contributed by atoms with Gasteiger partial charge in [-0.3, -0.25) is 19.4 Å². The third-order valence-electron chi connectivity index (χ3n) is 9.99. The lowest BCUT2D eigenvalue weighted by Gasteiger charge is -2.29. The number of allylic oxidation sites excluding steroid dienone is 5. The van der Waals surface area contributed by atoms with Crippen LogP contribution in [0, 0.1) is 54.7 Å². The van der Waals surface area contributed by atoms with Gasteiger partial charge in [0.25, 0.3) is 11.4 Å². The van der Waals surface area contributed by atoms with E-state index in [9.17, 15) is 9.59 Å². The van der Waals surface area contributed by atoms with E-state index in [4.69, 9.17) is 32.6 Å². The zero-order chi connectivity index (χ0) is 40.0. The van der Waals surface area contributed by atoms with Gasteiger partial charge in [0.05, 0.1) is 49.8 Å². The molecule has 0 bridgehead atoms. The summed E-state index contributed by atoms with van der Waals surface area (Å²) in [4.78, 5) is 48.6. The summed E-state index contributed by atoms with van der Waals surface area (Å²) in [6.07, 6.45) is 3.63. The zero-order valence-corrected chi connectivity index (χ0v) is 32.4. The molecule has 2 heterocycles. The topological polar surface area (TPSA) is 93.6 Å². The summed E-state index contributed by atoms with van der Waals surface area (Å²) in [6.45, 7) is 28.6. The van der Waals surface area contributed by atoms with Gasteiger partial charge in [0.1, 0.15) is 5.82 Å². The van der Waals surface area contributed by atoms with E-state index >= 15 is 0 Å². The van der Waals surface area contributed by atoms with Crippen molar-refractivity contribution < 1.29 is 19.1 Å². The van der Waals surface area contributed by atoms with Crippen LogP contribution in [-0.4, -0.2) is 36.1 Å². The number of hydrogen-bond acceptors (Lipinski definition) is 8. The van der Waals surface area contributed by atoms with Gasteiger partial charge in [0, 0.05) is 11.1 Å². The molecule has 0 N–H and O–H groups in total. The molecule has 0 unspecified atom stereocenters. The van der Waals surface area contributed by atoms with Gasteiger partial charge in [-0.05, 0) is 98.7 Å². The van der Waals surface area contributed by atoms with E-state index in [-0.39, 0.29) is 22.5 Å². The van der Waals surface area contributed by atoms with Crippen LogP contribution in [0.4, 0.5) is 23.0 Å². The minimum atomic E-state index is -0.847. The Kier molecular flexibility index (Phi) is 9.59. The fourth-order valence-corrected chi connectivity index (χ4v) is 8.01. The van der Waals surface area contributed by atoms with Crippen LogP contribution >= 0.6 is 0 Å². The summed E-state index contributed by atoms with van der Waals surface area (Å²) in [6, 6.07) is 23.3. The second-order valence-corrected chi connectivity index (χ2v) is 13.8. The Morgan fingerprint density at radius 2 is 0.982 bits per heavy atom. The molecule has 5 aromatic rings. The number of nitrogens with zero attached hydrogens (tertiary/aromatic N) is 6. The van der Waals surface area contributed by atoms with Gasteiger partial charge in [-0.2, -0.15) is 0 Å². The number of carbonyl (C=O) groups excluding carboxylic acids is 2. The molecule has 1 aliphatic carbocycles. The van der Waals surface area contributed by atoms with E-state index in [1.54, 1.807) is 30.3 Å². The SMILES string of the molecule is [C-]#[N+]/C(C(=O)OC)=C1\C(=CC=C2N(c3c(C)cc(C)cc3C)c3nc4ccccc4nc3N2c2c(C)cc(C)cc2C)/C(=C(\[N+]#[C-])C(=O)OC)c2ccccc21.